The first-order chi connectivity index (χ1) is 21.6. The van der Waals surface area contributed by atoms with Crippen LogP contribution >= 0.6 is 11.8 Å². The second kappa shape index (κ2) is 18.2. The van der Waals surface area contributed by atoms with Crippen LogP contribution in [0.2, 0.25) is 0 Å². The van der Waals surface area contributed by atoms with Gasteiger partial charge in [-0.1, -0.05) is 61.4 Å². The number of hydrogen-bond acceptors (Lipinski definition) is 7. The molecule has 1 atom stereocenters. The van der Waals surface area contributed by atoms with Crippen molar-refractivity contribution in [2.24, 2.45) is 0 Å². The number of benzene rings is 3. The lowest BCUT2D eigenvalue weighted by Crippen LogP contribution is -2.27. The highest BCUT2D eigenvalue weighted by Gasteiger charge is 2.37. The lowest BCUT2D eigenvalue weighted by molar-refractivity contribution is -0.157. The van der Waals surface area contributed by atoms with E-state index in [-0.39, 0.29) is 25.1 Å². The molecule has 3 aromatic carbocycles. The molecule has 3 aromatic rings. The lowest BCUT2D eigenvalue weighted by Gasteiger charge is -2.36. The van der Waals surface area contributed by atoms with E-state index in [1.165, 1.54) is 22.3 Å². The Hall–Kier alpha value is -3.00. The maximum atomic E-state index is 12.4. The fraction of sp³-hybridized carbons (Fsp3) is 0.500. The molecule has 0 aliphatic carbocycles. The molecular weight excluding hydrogens is 584 g/mol. The molecule has 0 radical (unpaired) electrons. The standard InChI is InChI=1S/C38H52O6S/c1-37(2,3)44-36(40)28-35(43-6)16-12-14-29-13-11-15-32(27-29)38(45-26-10-8-7-9-25-39,30-17-21-33(41-4)22-18-30)31-19-23-34(42-5)24-20-31/h11,13,15,17-24,27,35,39H,7-10,12,14,16,25-26,28H2,1-6H3. The van der Waals surface area contributed by atoms with Gasteiger partial charge in [0.1, 0.15) is 17.1 Å². The van der Waals surface area contributed by atoms with Crippen LogP contribution in [0.15, 0.2) is 72.8 Å². The molecule has 246 valence electrons. The Morgan fingerprint density at radius 2 is 1.38 bits per heavy atom. The molecule has 0 saturated carbocycles. The second-order valence-corrected chi connectivity index (χ2v) is 13.7. The number of ether oxygens (including phenoxy) is 4. The molecule has 0 aliphatic rings. The smallest absolute Gasteiger partial charge is 0.308 e. The van der Waals surface area contributed by atoms with Crippen molar-refractivity contribution in [3.05, 3.63) is 95.1 Å². The summed E-state index contributed by atoms with van der Waals surface area (Å²) in [6.07, 6.45) is 6.62. The number of unbranched alkanes of at least 4 members (excludes halogenated alkanes) is 3. The molecule has 1 unspecified atom stereocenters. The zero-order valence-corrected chi connectivity index (χ0v) is 28.8. The first kappa shape index (κ1) is 36.5. The number of methoxy groups -OCH3 is 3. The molecule has 3 rings (SSSR count). The highest BCUT2D eigenvalue weighted by molar-refractivity contribution is 8.00. The van der Waals surface area contributed by atoms with Crippen LogP contribution < -0.4 is 9.47 Å². The number of carbonyl (C=O) groups is 1. The summed E-state index contributed by atoms with van der Waals surface area (Å²) in [5.74, 6) is 2.38. The van der Waals surface area contributed by atoms with E-state index in [4.69, 9.17) is 18.9 Å². The summed E-state index contributed by atoms with van der Waals surface area (Å²) in [6, 6.07) is 25.8. The van der Waals surface area contributed by atoms with E-state index in [1.54, 1.807) is 21.3 Å². The predicted octanol–water partition coefficient (Wildman–Crippen LogP) is 8.35. The van der Waals surface area contributed by atoms with Crippen LogP contribution in [-0.4, -0.2) is 56.5 Å². The van der Waals surface area contributed by atoms with Crippen LogP contribution in [0.3, 0.4) is 0 Å². The largest absolute Gasteiger partial charge is 0.497 e. The van der Waals surface area contributed by atoms with E-state index >= 15 is 0 Å². The van der Waals surface area contributed by atoms with E-state index in [2.05, 4.69) is 48.5 Å². The summed E-state index contributed by atoms with van der Waals surface area (Å²) in [5, 5.41) is 9.24. The van der Waals surface area contributed by atoms with Crippen LogP contribution in [0.25, 0.3) is 0 Å². The predicted molar refractivity (Wildman–Crippen MR) is 185 cm³/mol. The van der Waals surface area contributed by atoms with Gasteiger partial charge in [-0.15, -0.1) is 11.8 Å². The molecule has 0 bridgehead atoms. The van der Waals surface area contributed by atoms with Crippen molar-refractivity contribution in [2.75, 3.05) is 33.7 Å². The van der Waals surface area contributed by atoms with Crippen molar-refractivity contribution < 1.29 is 28.8 Å². The van der Waals surface area contributed by atoms with E-state index in [0.29, 0.717) is 0 Å². The van der Waals surface area contributed by atoms with Crippen molar-refractivity contribution in [1.82, 2.24) is 0 Å². The molecule has 0 spiro atoms. The summed E-state index contributed by atoms with van der Waals surface area (Å²) in [5.41, 5.74) is 4.32. The molecule has 0 amide bonds. The molecular formula is C38H52O6S. The van der Waals surface area contributed by atoms with Gasteiger partial charge in [-0.25, -0.2) is 0 Å². The Kier molecular flexibility index (Phi) is 14.8. The van der Waals surface area contributed by atoms with E-state index in [1.807, 2.05) is 56.8 Å². The van der Waals surface area contributed by atoms with Gasteiger partial charge in [-0.05, 0) is 105 Å². The fourth-order valence-electron chi connectivity index (χ4n) is 5.55. The third-order valence-electron chi connectivity index (χ3n) is 7.84. The van der Waals surface area contributed by atoms with Gasteiger partial charge in [-0.3, -0.25) is 4.79 Å². The summed E-state index contributed by atoms with van der Waals surface area (Å²) in [6.45, 7) is 5.89. The molecule has 0 heterocycles. The number of aryl methyl sites for hydroxylation is 1. The van der Waals surface area contributed by atoms with E-state index in [9.17, 15) is 9.90 Å². The van der Waals surface area contributed by atoms with Gasteiger partial charge in [-0.2, -0.15) is 0 Å². The van der Waals surface area contributed by atoms with Crippen molar-refractivity contribution in [3.63, 3.8) is 0 Å². The van der Waals surface area contributed by atoms with Crippen LogP contribution in [-0.2, 0) is 25.4 Å². The second-order valence-electron chi connectivity index (χ2n) is 12.4. The highest BCUT2D eigenvalue weighted by Crippen LogP contribution is 2.49. The Bertz CT molecular complexity index is 1240. The van der Waals surface area contributed by atoms with Gasteiger partial charge in [0, 0.05) is 13.7 Å². The Balaban J connectivity index is 1.93. The minimum Gasteiger partial charge on any atom is -0.497 e. The minimum atomic E-state index is -0.506. The zero-order valence-electron chi connectivity index (χ0n) is 28.0. The Labute approximate surface area is 274 Å². The van der Waals surface area contributed by atoms with E-state index < -0.39 is 10.3 Å². The molecule has 45 heavy (non-hydrogen) atoms. The van der Waals surface area contributed by atoms with Crippen LogP contribution in [0.5, 0.6) is 11.5 Å². The van der Waals surface area contributed by atoms with E-state index in [0.717, 1.165) is 62.2 Å². The number of hydrogen-bond donors (Lipinski definition) is 1. The van der Waals surface area contributed by atoms with Crippen LogP contribution in [0, 0.1) is 0 Å². The zero-order chi connectivity index (χ0) is 32.7. The topological polar surface area (TPSA) is 74.2 Å². The van der Waals surface area contributed by atoms with Gasteiger partial charge >= 0.3 is 5.97 Å². The van der Waals surface area contributed by atoms with Gasteiger partial charge < -0.3 is 24.1 Å². The first-order valence-electron chi connectivity index (χ1n) is 16.0. The fourth-order valence-corrected chi connectivity index (χ4v) is 7.10. The molecule has 0 aliphatic heterocycles. The SMILES string of the molecule is COc1ccc(C(SCCCCCCO)(c2ccc(OC)cc2)c2cccc(CCCC(CC(=O)OC(C)(C)C)OC)c2)cc1. The average Bonchev–Trinajstić information content (AvgIpc) is 3.03. The summed E-state index contributed by atoms with van der Waals surface area (Å²) in [7, 11) is 5.05. The third kappa shape index (κ3) is 11.1. The highest BCUT2D eigenvalue weighted by atomic mass is 32.2. The molecule has 0 saturated heterocycles. The third-order valence-corrected chi connectivity index (χ3v) is 9.47. The number of thioether (sulfide) groups is 1. The quantitative estimate of drug-likeness (QED) is 0.0805. The molecule has 0 aromatic heterocycles. The number of carbonyl (C=O) groups excluding carboxylic acids is 1. The van der Waals surface area contributed by atoms with Gasteiger partial charge in [0.15, 0.2) is 0 Å². The lowest BCUT2D eigenvalue weighted by atomic mass is 9.83. The number of esters is 1. The van der Waals surface area contributed by atoms with Crippen molar-refractivity contribution in [2.45, 2.75) is 88.6 Å². The van der Waals surface area contributed by atoms with Crippen molar-refractivity contribution in [3.8, 4) is 11.5 Å². The summed E-state index contributed by atoms with van der Waals surface area (Å²) in [4.78, 5) is 12.4. The normalized spacial score (nSPS) is 12.5. The number of aliphatic hydroxyl groups is 1. The molecule has 6 nitrogen and oxygen atoms in total. The summed E-state index contributed by atoms with van der Waals surface area (Å²) >= 11 is 1.95. The van der Waals surface area contributed by atoms with Crippen LogP contribution in [0.4, 0.5) is 0 Å². The Morgan fingerprint density at radius 1 is 0.778 bits per heavy atom. The monoisotopic (exact) mass is 636 g/mol. The van der Waals surface area contributed by atoms with Gasteiger partial charge in [0.25, 0.3) is 0 Å². The number of aliphatic hydroxyl groups excluding tert-OH is 1. The molecule has 7 heteroatoms. The first-order valence-corrected chi connectivity index (χ1v) is 17.0. The minimum absolute atomic E-state index is 0.179. The van der Waals surface area contributed by atoms with Crippen molar-refractivity contribution >= 4 is 17.7 Å². The maximum Gasteiger partial charge on any atom is 0.308 e. The average molecular weight is 637 g/mol. The Morgan fingerprint density at radius 3 is 1.91 bits per heavy atom. The molecule has 0 fully saturated rings. The van der Waals surface area contributed by atoms with Crippen LogP contribution in [0.1, 0.15) is 88.0 Å². The van der Waals surface area contributed by atoms with Gasteiger partial charge in [0.05, 0.1) is 31.5 Å². The number of rotatable bonds is 19. The summed E-state index contributed by atoms with van der Waals surface area (Å²) < 4.78 is 21.7. The molecule has 1 N–H and O–H groups in total. The van der Waals surface area contributed by atoms with Crippen molar-refractivity contribution in [1.29, 1.82) is 0 Å². The van der Waals surface area contributed by atoms with Gasteiger partial charge in [0.2, 0.25) is 0 Å². The maximum absolute atomic E-state index is 12.4.